The quantitative estimate of drug-likeness (QED) is 0.590. The second kappa shape index (κ2) is 6.83. The van der Waals surface area contributed by atoms with E-state index in [2.05, 4.69) is 4.74 Å². The van der Waals surface area contributed by atoms with E-state index in [-0.39, 0.29) is 23.7 Å². The number of hydrogen-bond acceptors (Lipinski definition) is 3. The number of carbonyl (C=O) groups excluding carboxylic acids is 2. The third-order valence-corrected chi connectivity index (χ3v) is 4.76. The molecule has 0 spiro atoms. The normalized spacial score (nSPS) is 24.4. The van der Waals surface area contributed by atoms with Gasteiger partial charge in [0, 0.05) is 0 Å². The van der Waals surface area contributed by atoms with E-state index in [1.54, 1.807) is 5.32 Å². The first-order valence-corrected chi connectivity index (χ1v) is 8.40. The first-order chi connectivity index (χ1) is 13.0. The average Bonchev–Trinajstić information content (AvgIpc) is 2.87. The summed E-state index contributed by atoms with van der Waals surface area (Å²) in [5, 5.41) is 1.79. The molecular weight excluding hydrogens is 396 g/mol. The third-order valence-electron chi connectivity index (χ3n) is 4.76. The summed E-state index contributed by atoms with van der Waals surface area (Å²) >= 11 is 0. The summed E-state index contributed by atoms with van der Waals surface area (Å²) in [5.41, 5.74) is -3.41. The molecule has 0 radical (unpaired) electrons. The lowest BCUT2D eigenvalue weighted by molar-refractivity contribution is -0.961. The van der Waals surface area contributed by atoms with Gasteiger partial charge in [-0.2, -0.15) is 13.2 Å². The number of nitrogens with one attached hydrogen (secondary N) is 2. The topological polar surface area (TPSA) is 63.1 Å². The van der Waals surface area contributed by atoms with Gasteiger partial charge in [0.15, 0.2) is 0 Å². The van der Waals surface area contributed by atoms with Crippen LogP contribution in [0.1, 0.15) is 19.3 Å². The van der Waals surface area contributed by atoms with Crippen molar-refractivity contribution in [1.29, 1.82) is 0 Å². The number of hydrogen-bond donors (Lipinski definition) is 2. The standard InChI is InChI=1S/C16H15F6N3O3/c17-15(18,19)14(24-8-2-1-3-9-24)12(26)25(13(27)23-14)10-4-6-11(7-5-10)28-16(20,21)22/h4-7H,1-3,8-9H2,(H,23,27)/p+1/t14-/m0/s1. The molecule has 12 heteroatoms. The van der Waals surface area contributed by atoms with Crippen molar-refractivity contribution in [2.45, 2.75) is 37.5 Å². The number of carbonyl (C=O) groups is 2. The highest BCUT2D eigenvalue weighted by molar-refractivity contribution is 6.22. The summed E-state index contributed by atoms with van der Waals surface area (Å²) in [4.78, 5) is 25.3. The van der Waals surface area contributed by atoms with E-state index in [1.165, 1.54) is 0 Å². The zero-order valence-electron chi connectivity index (χ0n) is 14.3. The first kappa shape index (κ1) is 20.2. The Morgan fingerprint density at radius 3 is 2.04 bits per heavy atom. The lowest BCUT2D eigenvalue weighted by atomic mass is 10.0. The van der Waals surface area contributed by atoms with Crippen LogP contribution in [0.5, 0.6) is 5.75 Å². The van der Waals surface area contributed by atoms with E-state index < -0.39 is 35.9 Å². The molecule has 2 N–H and O–H groups in total. The molecule has 1 aromatic carbocycles. The maximum atomic E-state index is 13.9. The van der Waals surface area contributed by atoms with Crippen molar-refractivity contribution in [3.05, 3.63) is 24.3 Å². The molecule has 0 aromatic heterocycles. The number of imide groups is 1. The molecule has 2 aliphatic rings. The van der Waals surface area contributed by atoms with Gasteiger partial charge in [-0.3, -0.25) is 15.0 Å². The highest BCUT2D eigenvalue weighted by Gasteiger charge is 2.74. The molecule has 28 heavy (non-hydrogen) atoms. The fraction of sp³-hybridized carbons (Fsp3) is 0.500. The van der Waals surface area contributed by atoms with Crippen molar-refractivity contribution in [3.63, 3.8) is 0 Å². The number of amides is 3. The van der Waals surface area contributed by atoms with Crippen LogP contribution in [-0.4, -0.2) is 43.2 Å². The zero-order chi connectivity index (χ0) is 20.7. The largest absolute Gasteiger partial charge is 0.573 e. The second-order valence-electron chi connectivity index (χ2n) is 6.52. The second-order valence-corrected chi connectivity index (χ2v) is 6.52. The molecule has 1 aromatic rings. The SMILES string of the molecule is O=C1N[C@@]([NH+]2CCCCC2)(C(F)(F)F)C(=O)N1c1ccc(OC(F)(F)F)cc1. The molecule has 2 fully saturated rings. The number of ether oxygens (including phenoxy) is 1. The van der Waals surface area contributed by atoms with Gasteiger partial charge in [0.25, 0.3) is 0 Å². The Morgan fingerprint density at radius 2 is 1.54 bits per heavy atom. The number of piperidine rings is 1. The number of urea groups is 1. The fourth-order valence-corrected chi connectivity index (χ4v) is 3.55. The Balaban J connectivity index is 1.93. The van der Waals surface area contributed by atoms with E-state index >= 15 is 0 Å². The van der Waals surface area contributed by atoms with Crippen molar-refractivity contribution < 1.29 is 45.6 Å². The van der Waals surface area contributed by atoms with Crippen LogP contribution >= 0.6 is 0 Å². The number of quaternary nitrogens is 1. The van der Waals surface area contributed by atoms with Crippen molar-refractivity contribution >= 4 is 17.6 Å². The Bertz CT molecular complexity index is 758. The van der Waals surface area contributed by atoms with Crippen molar-refractivity contribution in [2.24, 2.45) is 0 Å². The van der Waals surface area contributed by atoms with E-state index in [1.807, 2.05) is 0 Å². The first-order valence-electron chi connectivity index (χ1n) is 8.40. The van der Waals surface area contributed by atoms with Crippen molar-refractivity contribution in [1.82, 2.24) is 5.32 Å². The summed E-state index contributed by atoms with van der Waals surface area (Å²) in [6.45, 7) is 0.107. The Kier molecular flexibility index (Phi) is 4.94. The Morgan fingerprint density at radius 1 is 0.964 bits per heavy atom. The number of nitrogens with zero attached hydrogens (tertiary/aromatic N) is 1. The molecule has 1 atom stereocenters. The molecular formula is C16H16F6N3O3+. The maximum Gasteiger partial charge on any atom is 0.573 e. The van der Waals surface area contributed by atoms with Gasteiger partial charge in [-0.1, -0.05) is 0 Å². The minimum absolute atomic E-state index is 0.0533. The molecule has 2 saturated heterocycles. The molecule has 3 rings (SSSR count). The molecule has 0 unspecified atom stereocenters. The molecule has 2 heterocycles. The monoisotopic (exact) mass is 412 g/mol. The number of alkyl halides is 6. The van der Waals surface area contributed by atoms with Gasteiger partial charge in [0.1, 0.15) is 5.75 Å². The molecule has 0 bridgehead atoms. The average molecular weight is 412 g/mol. The van der Waals surface area contributed by atoms with E-state index in [4.69, 9.17) is 0 Å². The van der Waals surface area contributed by atoms with Crippen LogP contribution in [-0.2, 0) is 4.79 Å². The number of likely N-dealkylation sites (tertiary alicyclic amines) is 1. The summed E-state index contributed by atoms with van der Waals surface area (Å²) in [7, 11) is 0. The Hall–Kier alpha value is -2.50. The van der Waals surface area contributed by atoms with Gasteiger partial charge in [-0.15, -0.1) is 13.2 Å². The van der Waals surface area contributed by atoms with Crippen LogP contribution in [0, 0.1) is 0 Å². The fourth-order valence-electron chi connectivity index (χ4n) is 3.55. The van der Waals surface area contributed by atoms with E-state index in [0.29, 0.717) is 17.7 Å². The van der Waals surface area contributed by atoms with Crippen molar-refractivity contribution in [2.75, 3.05) is 18.0 Å². The molecule has 3 amide bonds. The van der Waals surface area contributed by atoms with Gasteiger partial charge >= 0.3 is 30.1 Å². The number of anilines is 1. The van der Waals surface area contributed by atoms with Crippen molar-refractivity contribution in [3.8, 4) is 5.75 Å². The van der Waals surface area contributed by atoms with Gasteiger partial charge in [-0.05, 0) is 43.5 Å². The summed E-state index contributed by atoms with van der Waals surface area (Å²) < 4.78 is 82.2. The molecule has 0 aliphatic carbocycles. The third kappa shape index (κ3) is 3.48. The minimum Gasteiger partial charge on any atom is -0.406 e. The number of rotatable bonds is 3. The smallest absolute Gasteiger partial charge is 0.406 e. The predicted octanol–water partition coefficient (Wildman–Crippen LogP) is 1.97. The summed E-state index contributed by atoms with van der Waals surface area (Å²) in [6, 6.07) is 2.16. The van der Waals surface area contributed by atoms with Crippen LogP contribution in [0.25, 0.3) is 0 Å². The highest BCUT2D eigenvalue weighted by Crippen LogP contribution is 2.35. The molecule has 0 saturated carbocycles. The van der Waals surface area contributed by atoms with Crippen LogP contribution in [0.15, 0.2) is 24.3 Å². The van der Waals surface area contributed by atoms with Gasteiger partial charge in [0.05, 0.1) is 18.8 Å². The van der Waals surface area contributed by atoms with Crippen LogP contribution in [0.2, 0.25) is 0 Å². The Labute approximate surface area is 155 Å². The molecule has 154 valence electrons. The summed E-state index contributed by atoms with van der Waals surface area (Å²) in [6.07, 6.45) is -8.34. The van der Waals surface area contributed by atoms with E-state index in [0.717, 1.165) is 30.7 Å². The summed E-state index contributed by atoms with van der Waals surface area (Å²) in [5.74, 6) is -2.14. The lowest BCUT2D eigenvalue weighted by Gasteiger charge is -2.38. The van der Waals surface area contributed by atoms with Crippen LogP contribution < -0.4 is 19.9 Å². The van der Waals surface area contributed by atoms with E-state index in [9.17, 15) is 35.9 Å². The van der Waals surface area contributed by atoms with Crippen LogP contribution in [0.3, 0.4) is 0 Å². The zero-order valence-corrected chi connectivity index (χ0v) is 14.3. The van der Waals surface area contributed by atoms with Gasteiger partial charge in [-0.25, -0.2) is 9.69 Å². The van der Waals surface area contributed by atoms with Gasteiger partial charge in [0.2, 0.25) is 0 Å². The molecule has 2 aliphatic heterocycles. The molecule has 6 nitrogen and oxygen atoms in total. The van der Waals surface area contributed by atoms with Gasteiger partial charge < -0.3 is 4.74 Å². The lowest BCUT2D eigenvalue weighted by Crippen LogP contribution is -3.26. The number of benzene rings is 1. The minimum atomic E-state index is -5.06. The highest BCUT2D eigenvalue weighted by atomic mass is 19.4. The predicted molar refractivity (Wildman–Crippen MR) is 82.5 cm³/mol. The van der Waals surface area contributed by atoms with Crippen LogP contribution in [0.4, 0.5) is 36.8 Å². The maximum absolute atomic E-state index is 13.9. The number of halogens is 6.